The summed E-state index contributed by atoms with van der Waals surface area (Å²) < 4.78 is 7.75. The Balaban J connectivity index is 2.39. The standard InChI is InChI=1S/C14H14N2O/c1-3-4-8-12-10(2)17-14-15-11-7-5-6-9-13(11)16(12)14/h4-9H,3H2,1-2H3/b8-4-. The second-order valence-corrected chi connectivity index (χ2v) is 4.07. The summed E-state index contributed by atoms with van der Waals surface area (Å²) in [7, 11) is 0. The predicted octanol–water partition coefficient (Wildman–Crippen LogP) is 3.81. The lowest BCUT2D eigenvalue weighted by molar-refractivity contribution is 0.563. The smallest absolute Gasteiger partial charge is 0.307 e. The molecule has 0 fully saturated rings. The minimum Gasteiger partial charge on any atom is -0.428 e. The molecule has 0 atom stereocenters. The summed E-state index contributed by atoms with van der Waals surface area (Å²) in [6.45, 7) is 4.09. The number of benzene rings is 1. The fourth-order valence-electron chi connectivity index (χ4n) is 2.07. The number of para-hydroxylation sites is 2. The SMILES string of the molecule is CC/C=C\c1c(C)oc2nc3ccccc3n12. The van der Waals surface area contributed by atoms with E-state index in [0.29, 0.717) is 5.84 Å². The summed E-state index contributed by atoms with van der Waals surface area (Å²) in [5, 5.41) is 0. The number of aryl methyl sites for hydroxylation is 1. The summed E-state index contributed by atoms with van der Waals surface area (Å²) >= 11 is 0. The molecule has 0 bridgehead atoms. The molecule has 0 spiro atoms. The summed E-state index contributed by atoms with van der Waals surface area (Å²) in [6, 6.07) is 8.07. The van der Waals surface area contributed by atoms with Gasteiger partial charge in [-0.25, -0.2) is 0 Å². The van der Waals surface area contributed by atoms with E-state index in [1.54, 1.807) is 0 Å². The number of allylic oxidation sites excluding steroid dienone is 1. The molecule has 1 aromatic carbocycles. The van der Waals surface area contributed by atoms with Gasteiger partial charge in [-0.1, -0.05) is 25.1 Å². The maximum absolute atomic E-state index is 5.68. The minimum absolute atomic E-state index is 0.666. The average molecular weight is 226 g/mol. The molecule has 3 heteroatoms. The van der Waals surface area contributed by atoms with Crippen LogP contribution < -0.4 is 0 Å². The van der Waals surface area contributed by atoms with Crippen molar-refractivity contribution in [3.05, 3.63) is 41.8 Å². The van der Waals surface area contributed by atoms with Gasteiger partial charge in [0.1, 0.15) is 5.76 Å². The van der Waals surface area contributed by atoms with E-state index >= 15 is 0 Å². The van der Waals surface area contributed by atoms with Gasteiger partial charge in [0.05, 0.1) is 16.7 Å². The van der Waals surface area contributed by atoms with Gasteiger partial charge in [-0.15, -0.1) is 0 Å². The van der Waals surface area contributed by atoms with E-state index in [-0.39, 0.29) is 0 Å². The fourth-order valence-corrected chi connectivity index (χ4v) is 2.07. The Kier molecular flexibility index (Phi) is 2.25. The van der Waals surface area contributed by atoms with Gasteiger partial charge in [0.2, 0.25) is 0 Å². The van der Waals surface area contributed by atoms with Crippen molar-refractivity contribution in [3.8, 4) is 0 Å². The van der Waals surface area contributed by atoms with Gasteiger partial charge in [-0.05, 0) is 31.6 Å². The van der Waals surface area contributed by atoms with Crippen molar-refractivity contribution >= 4 is 23.0 Å². The van der Waals surface area contributed by atoms with Gasteiger partial charge in [0, 0.05) is 0 Å². The number of rotatable bonds is 2. The van der Waals surface area contributed by atoms with Crippen LogP contribution in [0.15, 0.2) is 34.8 Å². The van der Waals surface area contributed by atoms with Crippen molar-refractivity contribution in [2.45, 2.75) is 20.3 Å². The lowest BCUT2D eigenvalue weighted by Gasteiger charge is -1.94. The van der Waals surface area contributed by atoms with E-state index in [9.17, 15) is 0 Å². The molecule has 86 valence electrons. The summed E-state index contributed by atoms with van der Waals surface area (Å²) in [4.78, 5) is 4.47. The molecule has 0 aliphatic rings. The van der Waals surface area contributed by atoms with Gasteiger partial charge in [0.15, 0.2) is 0 Å². The van der Waals surface area contributed by atoms with Crippen LogP contribution in [0.1, 0.15) is 24.8 Å². The van der Waals surface area contributed by atoms with Crippen molar-refractivity contribution in [1.29, 1.82) is 0 Å². The van der Waals surface area contributed by atoms with E-state index in [2.05, 4.69) is 34.5 Å². The number of imidazole rings is 1. The predicted molar refractivity (Wildman–Crippen MR) is 69.0 cm³/mol. The topological polar surface area (TPSA) is 30.4 Å². The Morgan fingerprint density at radius 3 is 3.00 bits per heavy atom. The number of nitrogens with zero attached hydrogens (tertiary/aromatic N) is 2. The Morgan fingerprint density at radius 2 is 2.18 bits per heavy atom. The van der Waals surface area contributed by atoms with Crippen molar-refractivity contribution in [2.24, 2.45) is 0 Å². The second-order valence-electron chi connectivity index (χ2n) is 4.07. The molecule has 0 saturated heterocycles. The Hall–Kier alpha value is -2.03. The molecule has 17 heavy (non-hydrogen) atoms. The van der Waals surface area contributed by atoms with Gasteiger partial charge in [0.25, 0.3) is 0 Å². The molecule has 2 aromatic heterocycles. The molecule has 0 aliphatic heterocycles. The normalized spacial score (nSPS) is 12.1. The second kappa shape index (κ2) is 3.77. The molecule has 0 N–H and O–H groups in total. The van der Waals surface area contributed by atoms with Crippen LogP contribution in [0.25, 0.3) is 23.0 Å². The highest BCUT2D eigenvalue weighted by Crippen LogP contribution is 2.23. The lowest BCUT2D eigenvalue weighted by atomic mass is 10.3. The van der Waals surface area contributed by atoms with Crippen molar-refractivity contribution in [1.82, 2.24) is 9.38 Å². The first-order valence-corrected chi connectivity index (χ1v) is 5.84. The monoisotopic (exact) mass is 226 g/mol. The largest absolute Gasteiger partial charge is 0.428 e. The molecule has 0 amide bonds. The molecular weight excluding hydrogens is 212 g/mol. The first kappa shape index (κ1) is 10.1. The molecule has 0 unspecified atom stereocenters. The van der Waals surface area contributed by atoms with Crippen LogP contribution >= 0.6 is 0 Å². The van der Waals surface area contributed by atoms with Gasteiger partial charge in [-0.3, -0.25) is 4.40 Å². The fraction of sp³-hybridized carbons (Fsp3) is 0.214. The van der Waals surface area contributed by atoms with E-state index < -0.39 is 0 Å². The third kappa shape index (κ3) is 1.46. The third-order valence-electron chi connectivity index (χ3n) is 2.89. The van der Waals surface area contributed by atoms with Crippen LogP contribution in [0.4, 0.5) is 0 Å². The zero-order valence-electron chi connectivity index (χ0n) is 9.97. The van der Waals surface area contributed by atoms with Crippen molar-refractivity contribution in [2.75, 3.05) is 0 Å². The zero-order valence-corrected chi connectivity index (χ0v) is 9.97. The third-order valence-corrected chi connectivity index (χ3v) is 2.89. The zero-order chi connectivity index (χ0) is 11.8. The number of aromatic nitrogens is 2. The van der Waals surface area contributed by atoms with Gasteiger partial charge < -0.3 is 4.42 Å². The van der Waals surface area contributed by atoms with Gasteiger partial charge >= 0.3 is 5.84 Å². The van der Waals surface area contributed by atoms with Crippen LogP contribution in [0, 0.1) is 6.92 Å². The highest BCUT2D eigenvalue weighted by Gasteiger charge is 2.13. The van der Waals surface area contributed by atoms with E-state index in [4.69, 9.17) is 4.42 Å². The molecule has 0 aliphatic carbocycles. The maximum atomic E-state index is 5.68. The van der Waals surface area contributed by atoms with E-state index in [1.165, 1.54) is 0 Å². The van der Waals surface area contributed by atoms with Crippen LogP contribution in [-0.4, -0.2) is 9.38 Å². The van der Waals surface area contributed by atoms with Gasteiger partial charge in [-0.2, -0.15) is 4.98 Å². The van der Waals surface area contributed by atoms with Crippen LogP contribution in [0.3, 0.4) is 0 Å². The van der Waals surface area contributed by atoms with Crippen molar-refractivity contribution < 1.29 is 4.42 Å². The summed E-state index contributed by atoms with van der Waals surface area (Å²) in [5.41, 5.74) is 3.14. The highest BCUT2D eigenvalue weighted by atomic mass is 16.4. The molecule has 3 aromatic rings. The Labute approximate surface area is 99.4 Å². The van der Waals surface area contributed by atoms with E-state index in [0.717, 1.165) is 28.9 Å². The molecular formula is C14H14N2O. The van der Waals surface area contributed by atoms with Crippen LogP contribution in [0.2, 0.25) is 0 Å². The first-order valence-electron chi connectivity index (χ1n) is 5.84. The Bertz CT molecular complexity index is 703. The van der Waals surface area contributed by atoms with Crippen LogP contribution in [-0.2, 0) is 0 Å². The molecule has 3 nitrogen and oxygen atoms in total. The quantitative estimate of drug-likeness (QED) is 0.665. The Morgan fingerprint density at radius 1 is 1.35 bits per heavy atom. The number of fused-ring (bicyclic) bond motifs is 3. The molecule has 0 radical (unpaired) electrons. The molecule has 2 heterocycles. The lowest BCUT2D eigenvalue weighted by Crippen LogP contribution is -1.85. The average Bonchev–Trinajstić information content (AvgIpc) is 2.82. The summed E-state index contributed by atoms with van der Waals surface area (Å²) in [6.07, 6.45) is 5.24. The molecule has 0 saturated carbocycles. The maximum Gasteiger partial charge on any atom is 0.307 e. The van der Waals surface area contributed by atoms with E-state index in [1.807, 2.05) is 25.1 Å². The highest BCUT2D eigenvalue weighted by molar-refractivity contribution is 5.80. The number of hydrogen-bond donors (Lipinski definition) is 0. The van der Waals surface area contributed by atoms with Crippen molar-refractivity contribution in [3.63, 3.8) is 0 Å². The first-order chi connectivity index (χ1) is 8.31. The minimum atomic E-state index is 0.666. The number of oxazole rings is 1. The number of hydrogen-bond acceptors (Lipinski definition) is 2. The van der Waals surface area contributed by atoms with Crippen LogP contribution in [0.5, 0.6) is 0 Å². The molecule has 3 rings (SSSR count). The summed E-state index contributed by atoms with van der Waals surface area (Å²) in [5.74, 6) is 1.57.